The van der Waals surface area contributed by atoms with Gasteiger partial charge in [0.05, 0.1) is 24.2 Å². The summed E-state index contributed by atoms with van der Waals surface area (Å²) < 4.78 is 28.4. The molecule has 1 aromatic rings. The van der Waals surface area contributed by atoms with Crippen LogP contribution in [0.1, 0.15) is 18.1 Å². The summed E-state index contributed by atoms with van der Waals surface area (Å²) in [4.78, 5) is 2.13. The smallest absolute Gasteiger partial charge is 0.153 e. The minimum absolute atomic E-state index is 0.00775. The Balaban J connectivity index is 2.17. The molecule has 116 valence electrons. The Hall–Kier alpha value is -1.60. The van der Waals surface area contributed by atoms with E-state index < -0.39 is 9.84 Å². The quantitative estimate of drug-likeness (QED) is 0.627. The number of hydrogen-bond acceptors (Lipinski definition) is 5. The Labute approximate surface area is 125 Å². The topological polar surface area (TPSA) is 96.5 Å². The number of nitrogen functional groups attached to an aromatic ring is 1. The Bertz CT molecular complexity index is 643. The first-order valence-corrected chi connectivity index (χ1v) is 8.60. The molecule has 0 amide bonds. The summed E-state index contributed by atoms with van der Waals surface area (Å²) in [5, 5.41) is 7.59. The van der Waals surface area contributed by atoms with Gasteiger partial charge in [-0.05, 0) is 24.6 Å². The zero-order valence-corrected chi connectivity index (χ0v) is 13.1. The number of hydrogen-bond donors (Lipinski definition) is 2. The number of ether oxygens (including phenoxy) is 1. The molecule has 1 unspecified atom stereocenters. The van der Waals surface area contributed by atoms with E-state index in [1.165, 1.54) is 0 Å². The number of nitrogens with one attached hydrogen (secondary N) is 1. The van der Waals surface area contributed by atoms with Crippen LogP contribution in [-0.4, -0.2) is 50.4 Å². The maximum absolute atomic E-state index is 11.6. The van der Waals surface area contributed by atoms with Gasteiger partial charge in [0, 0.05) is 19.1 Å². The number of benzene rings is 1. The van der Waals surface area contributed by atoms with Gasteiger partial charge in [-0.25, -0.2) is 8.42 Å². The van der Waals surface area contributed by atoms with Crippen LogP contribution in [-0.2, 0) is 16.4 Å². The highest BCUT2D eigenvalue weighted by Gasteiger charge is 2.28. The molecule has 0 bridgehead atoms. The molecule has 1 fully saturated rings. The Morgan fingerprint density at radius 2 is 2.24 bits per heavy atom. The molecule has 1 atom stereocenters. The van der Waals surface area contributed by atoms with Crippen molar-refractivity contribution in [3.8, 4) is 5.75 Å². The van der Waals surface area contributed by atoms with Crippen molar-refractivity contribution in [2.45, 2.75) is 19.5 Å². The second-order valence-corrected chi connectivity index (χ2v) is 7.61. The molecule has 0 aromatic heterocycles. The van der Waals surface area contributed by atoms with Gasteiger partial charge in [-0.15, -0.1) is 0 Å². The molecule has 1 aliphatic rings. The van der Waals surface area contributed by atoms with Crippen LogP contribution in [0.2, 0.25) is 0 Å². The summed E-state index contributed by atoms with van der Waals surface area (Å²) in [7, 11) is -1.36. The van der Waals surface area contributed by atoms with Crippen molar-refractivity contribution in [3.63, 3.8) is 0 Å². The van der Waals surface area contributed by atoms with Crippen LogP contribution in [0.3, 0.4) is 0 Å². The van der Waals surface area contributed by atoms with E-state index in [1.54, 1.807) is 13.2 Å². The zero-order valence-electron chi connectivity index (χ0n) is 12.3. The van der Waals surface area contributed by atoms with Crippen LogP contribution < -0.4 is 10.5 Å². The average molecular weight is 311 g/mol. The fourth-order valence-electron chi connectivity index (χ4n) is 2.57. The highest BCUT2D eigenvalue weighted by molar-refractivity contribution is 7.91. The molecule has 0 spiro atoms. The fraction of sp³-hybridized carbons (Fsp3) is 0.500. The first-order valence-electron chi connectivity index (χ1n) is 6.78. The Morgan fingerprint density at radius 1 is 1.52 bits per heavy atom. The van der Waals surface area contributed by atoms with Crippen molar-refractivity contribution < 1.29 is 13.2 Å². The van der Waals surface area contributed by atoms with Gasteiger partial charge >= 0.3 is 0 Å². The van der Waals surface area contributed by atoms with Crippen molar-refractivity contribution in [1.29, 1.82) is 5.41 Å². The third kappa shape index (κ3) is 3.74. The minimum Gasteiger partial charge on any atom is -0.496 e. The van der Waals surface area contributed by atoms with Crippen molar-refractivity contribution in [2.75, 3.05) is 25.2 Å². The van der Waals surface area contributed by atoms with Crippen molar-refractivity contribution in [3.05, 3.63) is 29.3 Å². The third-order valence-corrected chi connectivity index (χ3v) is 5.54. The molecule has 0 aliphatic carbocycles. The van der Waals surface area contributed by atoms with Crippen molar-refractivity contribution >= 4 is 15.7 Å². The van der Waals surface area contributed by atoms with Gasteiger partial charge in [-0.1, -0.05) is 6.07 Å². The number of amidine groups is 1. The summed E-state index contributed by atoms with van der Waals surface area (Å²) in [6.07, 6.45) is 0. The molecule has 2 rings (SSSR count). The summed E-state index contributed by atoms with van der Waals surface area (Å²) in [5.41, 5.74) is 7.12. The molecule has 7 heteroatoms. The predicted octanol–water partition coefficient (Wildman–Crippen LogP) is 0.598. The second-order valence-electron chi connectivity index (χ2n) is 5.38. The highest BCUT2D eigenvalue weighted by atomic mass is 32.2. The van der Waals surface area contributed by atoms with E-state index in [9.17, 15) is 8.42 Å². The molecular weight excluding hydrogens is 290 g/mol. The van der Waals surface area contributed by atoms with Crippen LogP contribution in [0, 0.1) is 5.41 Å². The second kappa shape index (κ2) is 6.03. The van der Waals surface area contributed by atoms with E-state index in [0.29, 0.717) is 24.4 Å². The SMILES string of the molecule is COc1ccc(CN2CCS(=O)(=O)CC2C)cc1C(=N)N. The van der Waals surface area contributed by atoms with E-state index in [2.05, 4.69) is 4.90 Å². The van der Waals surface area contributed by atoms with E-state index in [1.807, 2.05) is 19.1 Å². The fourth-order valence-corrected chi connectivity index (χ4v) is 4.19. The van der Waals surface area contributed by atoms with E-state index in [4.69, 9.17) is 15.9 Å². The monoisotopic (exact) mass is 311 g/mol. The average Bonchev–Trinajstić information content (AvgIpc) is 2.41. The van der Waals surface area contributed by atoms with Gasteiger partial charge < -0.3 is 10.5 Å². The lowest BCUT2D eigenvalue weighted by molar-refractivity contribution is 0.218. The molecule has 1 aliphatic heterocycles. The summed E-state index contributed by atoms with van der Waals surface area (Å²) in [6.45, 7) is 3.10. The Morgan fingerprint density at radius 3 is 2.81 bits per heavy atom. The van der Waals surface area contributed by atoms with Crippen LogP contribution in [0.4, 0.5) is 0 Å². The first kappa shape index (κ1) is 15.8. The van der Waals surface area contributed by atoms with Gasteiger partial charge in [-0.3, -0.25) is 10.3 Å². The zero-order chi connectivity index (χ0) is 15.6. The number of methoxy groups -OCH3 is 1. The number of nitrogens with zero attached hydrogens (tertiary/aromatic N) is 1. The van der Waals surface area contributed by atoms with Gasteiger partial charge in [-0.2, -0.15) is 0 Å². The molecule has 3 N–H and O–H groups in total. The van der Waals surface area contributed by atoms with Crippen molar-refractivity contribution in [2.24, 2.45) is 5.73 Å². The summed E-state index contributed by atoms with van der Waals surface area (Å²) in [6, 6.07) is 5.53. The van der Waals surface area contributed by atoms with Crippen LogP contribution in [0.5, 0.6) is 5.75 Å². The summed E-state index contributed by atoms with van der Waals surface area (Å²) >= 11 is 0. The molecule has 6 nitrogen and oxygen atoms in total. The number of sulfone groups is 1. The van der Waals surface area contributed by atoms with Gasteiger partial charge in [0.25, 0.3) is 0 Å². The van der Waals surface area contributed by atoms with Gasteiger partial charge in [0.15, 0.2) is 9.84 Å². The molecule has 21 heavy (non-hydrogen) atoms. The minimum atomic E-state index is -2.91. The van der Waals surface area contributed by atoms with Crippen molar-refractivity contribution in [1.82, 2.24) is 4.90 Å². The number of rotatable bonds is 4. The lowest BCUT2D eigenvalue weighted by Gasteiger charge is -2.33. The Kier molecular flexibility index (Phi) is 4.53. The highest BCUT2D eigenvalue weighted by Crippen LogP contribution is 2.22. The standard InChI is InChI=1S/C14H21N3O3S/c1-10-9-21(18,19)6-5-17(10)8-11-3-4-13(20-2)12(7-11)14(15)16/h3-4,7,10H,5-6,8-9H2,1-2H3,(H3,15,16). The van der Waals surface area contributed by atoms with Gasteiger partial charge in [0.2, 0.25) is 0 Å². The third-order valence-electron chi connectivity index (χ3n) is 3.75. The van der Waals surface area contributed by atoms with Crippen LogP contribution >= 0.6 is 0 Å². The predicted molar refractivity (Wildman–Crippen MR) is 82.5 cm³/mol. The lowest BCUT2D eigenvalue weighted by atomic mass is 10.1. The normalized spacial score (nSPS) is 21.9. The lowest BCUT2D eigenvalue weighted by Crippen LogP contribution is -2.46. The van der Waals surface area contributed by atoms with Gasteiger partial charge in [0.1, 0.15) is 11.6 Å². The summed E-state index contributed by atoms with van der Waals surface area (Å²) in [5.74, 6) is 0.930. The molecule has 0 saturated carbocycles. The number of nitrogens with two attached hydrogens (primary N) is 1. The molecule has 1 saturated heterocycles. The molecule has 1 aromatic carbocycles. The van der Waals surface area contributed by atoms with Crippen LogP contribution in [0.25, 0.3) is 0 Å². The molecule has 0 radical (unpaired) electrons. The van der Waals surface area contributed by atoms with E-state index >= 15 is 0 Å². The maximum Gasteiger partial charge on any atom is 0.153 e. The maximum atomic E-state index is 11.6. The first-order chi connectivity index (χ1) is 9.82. The largest absolute Gasteiger partial charge is 0.496 e. The van der Waals surface area contributed by atoms with E-state index in [0.717, 1.165) is 5.56 Å². The molecular formula is C14H21N3O3S. The van der Waals surface area contributed by atoms with Crippen LogP contribution in [0.15, 0.2) is 18.2 Å². The van der Waals surface area contributed by atoms with E-state index in [-0.39, 0.29) is 23.4 Å². The molecule has 1 heterocycles.